The fraction of sp³-hybridized carbons (Fsp3) is 0.538. The van der Waals surface area contributed by atoms with Crippen molar-refractivity contribution in [2.75, 3.05) is 18.0 Å². The molecule has 0 amide bonds. The monoisotopic (exact) mass is 187 g/mol. The van der Waals surface area contributed by atoms with Crippen LogP contribution in [0.3, 0.4) is 0 Å². The van der Waals surface area contributed by atoms with Gasteiger partial charge in [0.05, 0.1) is 0 Å². The Kier molecular flexibility index (Phi) is 1.97. The summed E-state index contributed by atoms with van der Waals surface area (Å²) in [6.45, 7) is 2.55. The van der Waals surface area contributed by atoms with E-state index in [1.807, 2.05) is 0 Å². The third-order valence-corrected chi connectivity index (χ3v) is 3.57. The Morgan fingerprint density at radius 3 is 2.64 bits per heavy atom. The lowest BCUT2D eigenvalue weighted by Crippen LogP contribution is -2.19. The summed E-state index contributed by atoms with van der Waals surface area (Å²) in [4.78, 5) is 2.57. The molecule has 0 N–H and O–H groups in total. The average molecular weight is 187 g/mol. The summed E-state index contributed by atoms with van der Waals surface area (Å²) in [6, 6.07) is 6.86. The molecule has 1 aromatic carbocycles. The van der Waals surface area contributed by atoms with Gasteiger partial charge >= 0.3 is 0 Å². The summed E-state index contributed by atoms with van der Waals surface area (Å²) in [7, 11) is 0. The normalized spacial score (nSPS) is 20.1. The van der Waals surface area contributed by atoms with Crippen LogP contribution in [0.15, 0.2) is 18.2 Å². The van der Waals surface area contributed by atoms with Crippen molar-refractivity contribution in [2.24, 2.45) is 0 Å². The summed E-state index contributed by atoms with van der Waals surface area (Å²) in [5, 5.41) is 0. The number of anilines is 1. The van der Waals surface area contributed by atoms with Gasteiger partial charge in [0, 0.05) is 18.8 Å². The molecule has 74 valence electrons. The standard InChI is InChI=1S/C13H17N/c1-2-10-14(9-1)13-8-4-6-11-5-3-7-12(11)13/h4,6,8H,1-3,5,7,9-10H2. The molecular formula is C13H17N. The zero-order valence-corrected chi connectivity index (χ0v) is 8.63. The molecule has 0 aromatic heterocycles. The first kappa shape index (κ1) is 8.34. The fourth-order valence-electron chi connectivity index (χ4n) is 2.85. The predicted molar refractivity (Wildman–Crippen MR) is 59.9 cm³/mol. The van der Waals surface area contributed by atoms with E-state index in [0.29, 0.717) is 0 Å². The zero-order chi connectivity index (χ0) is 9.38. The molecule has 1 aromatic rings. The first-order chi connectivity index (χ1) is 6.95. The molecule has 1 fully saturated rings. The van der Waals surface area contributed by atoms with Crippen LogP contribution in [-0.2, 0) is 12.8 Å². The molecule has 1 aliphatic carbocycles. The van der Waals surface area contributed by atoms with Crippen LogP contribution < -0.4 is 4.90 Å². The summed E-state index contributed by atoms with van der Waals surface area (Å²) < 4.78 is 0. The number of aryl methyl sites for hydroxylation is 1. The van der Waals surface area contributed by atoms with E-state index in [2.05, 4.69) is 23.1 Å². The Morgan fingerprint density at radius 1 is 0.929 bits per heavy atom. The van der Waals surface area contributed by atoms with E-state index in [0.717, 1.165) is 0 Å². The van der Waals surface area contributed by atoms with Gasteiger partial charge in [0.1, 0.15) is 0 Å². The lowest BCUT2D eigenvalue weighted by molar-refractivity contribution is 0.901. The topological polar surface area (TPSA) is 3.24 Å². The Bertz CT molecular complexity index is 337. The number of nitrogens with zero attached hydrogens (tertiary/aromatic N) is 1. The summed E-state index contributed by atoms with van der Waals surface area (Å²) >= 11 is 0. The van der Waals surface area contributed by atoms with E-state index in [1.54, 1.807) is 11.1 Å². The van der Waals surface area contributed by atoms with Gasteiger partial charge < -0.3 is 4.90 Å². The van der Waals surface area contributed by atoms with Crippen LogP contribution in [0.2, 0.25) is 0 Å². The minimum Gasteiger partial charge on any atom is -0.371 e. The lowest BCUT2D eigenvalue weighted by Gasteiger charge is -2.21. The molecule has 1 saturated heterocycles. The average Bonchev–Trinajstić information content (AvgIpc) is 2.88. The highest BCUT2D eigenvalue weighted by Crippen LogP contribution is 2.32. The molecule has 1 nitrogen and oxygen atoms in total. The smallest absolute Gasteiger partial charge is 0.0401 e. The highest BCUT2D eigenvalue weighted by atomic mass is 15.1. The van der Waals surface area contributed by atoms with Crippen molar-refractivity contribution in [1.82, 2.24) is 0 Å². The first-order valence-corrected chi connectivity index (χ1v) is 5.81. The molecule has 0 unspecified atom stereocenters. The molecule has 1 aliphatic heterocycles. The number of rotatable bonds is 1. The van der Waals surface area contributed by atoms with Gasteiger partial charge in [-0.2, -0.15) is 0 Å². The molecule has 3 rings (SSSR count). The molecule has 0 bridgehead atoms. The maximum Gasteiger partial charge on any atom is 0.0401 e. The van der Waals surface area contributed by atoms with Gasteiger partial charge in [0.15, 0.2) is 0 Å². The third kappa shape index (κ3) is 1.23. The van der Waals surface area contributed by atoms with Crippen molar-refractivity contribution >= 4 is 5.69 Å². The van der Waals surface area contributed by atoms with Crippen LogP contribution in [-0.4, -0.2) is 13.1 Å². The van der Waals surface area contributed by atoms with E-state index in [1.165, 1.54) is 50.9 Å². The van der Waals surface area contributed by atoms with Crippen LogP contribution in [0.1, 0.15) is 30.4 Å². The third-order valence-electron chi connectivity index (χ3n) is 3.57. The Morgan fingerprint density at radius 2 is 1.79 bits per heavy atom. The quantitative estimate of drug-likeness (QED) is 0.653. The molecular weight excluding hydrogens is 170 g/mol. The highest BCUT2D eigenvalue weighted by molar-refractivity contribution is 5.58. The van der Waals surface area contributed by atoms with Crippen LogP contribution in [0, 0.1) is 0 Å². The van der Waals surface area contributed by atoms with E-state index >= 15 is 0 Å². The molecule has 2 aliphatic rings. The van der Waals surface area contributed by atoms with Crippen molar-refractivity contribution in [3.8, 4) is 0 Å². The minimum absolute atomic E-state index is 1.27. The summed E-state index contributed by atoms with van der Waals surface area (Å²) in [5.41, 5.74) is 4.79. The molecule has 0 saturated carbocycles. The van der Waals surface area contributed by atoms with E-state index in [9.17, 15) is 0 Å². The highest BCUT2D eigenvalue weighted by Gasteiger charge is 2.19. The summed E-state index contributed by atoms with van der Waals surface area (Å²) in [5.74, 6) is 0. The van der Waals surface area contributed by atoms with Crippen LogP contribution in [0.5, 0.6) is 0 Å². The van der Waals surface area contributed by atoms with Gasteiger partial charge in [0.25, 0.3) is 0 Å². The van der Waals surface area contributed by atoms with Gasteiger partial charge in [-0.1, -0.05) is 12.1 Å². The summed E-state index contributed by atoms with van der Waals surface area (Å²) in [6.07, 6.45) is 6.73. The number of fused-ring (bicyclic) bond motifs is 1. The van der Waals surface area contributed by atoms with Gasteiger partial charge in [-0.15, -0.1) is 0 Å². The number of hydrogen-bond acceptors (Lipinski definition) is 1. The van der Waals surface area contributed by atoms with Crippen molar-refractivity contribution in [1.29, 1.82) is 0 Å². The largest absolute Gasteiger partial charge is 0.371 e. The molecule has 14 heavy (non-hydrogen) atoms. The molecule has 0 atom stereocenters. The Balaban J connectivity index is 2.00. The Hall–Kier alpha value is -0.980. The Labute approximate surface area is 85.7 Å². The van der Waals surface area contributed by atoms with Gasteiger partial charge in [-0.3, -0.25) is 0 Å². The molecule has 0 spiro atoms. The zero-order valence-electron chi connectivity index (χ0n) is 8.63. The van der Waals surface area contributed by atoms with E-state index < -0.39 is 0 Å². The van der Waals surface area contributed by atoms with Crippen molar-refractivity contribution in [2.45, 2.75) is 32.1 Å². The molecule has 1 heteroatoms. The van der Waals surface area contributed by atoms with Gasteiger partial charge in [0.2, 0.25) is 0 Å². The fourth-order valence-corrected chi connectivity index (χ4v) is 2.85. The van der Waals surface area contributed by atoms with Crippen molar-refractivity contribution in [3.63, 3.8) is 0 Å². The second kappa shape index (κ2) is 3.30. The van der Waals surface area contributed by atoms with Crippen LogP contribution >= 0.6 is 0 Å². The van der Waals surface area contributed by atoms with Crippen LogP contribution in [0.25, 0.3) is 0 Å². The second-order valence-corrected chi connectivity index (χ2v) is 4.46. The number of hydrogen-bond donors (Lipinski definition) is 0. The number of benzene rings is 1. The SMILES string of the molecule is c1cc2c(c(N3CCCC3)c1)CCC2. The van der Waals surface area contributed by atoms with E-state index in [4.69, 9.17) is 0 Å². The predicted octanol–water partition coefficient (Wildman–Crippen LogP) is 2.78. The van der Waals surface area contributed by atoms with Gasteiger partial charge in [-0.05, 0) is 49.3 Å². The van der Waals surface area contributed by atoms with Crippen LogP contribution in [0.4, 0.5) is 5.69 Å². The molecule has 0 radical (unpaired) electrons. The maximum absolute atomic E-state index is 2.57. The van der Waals surface area contributed by atoms with Crippen molar-refractivity contribution < 1.29 is 0 Å². The minimum atomic E-state index is 1.27. The first-order valence-electron chi connectivity index (χ1n) is 5.81. The molecule has 1 heterocycles. The maximum atomic E-state index is 2.57. The van der Waals surface area contributed by atoms with E-state index in [-0.39, 0.29) is 0 Å². The van der Waals surface area contributed by atoms with Gasteiger partial charge in [-0.25, -0.2) is 0 Å². The lowest BCUT2D eigenvalue weighted by atomic mass is 10.1. The second-order valence-electron chi connectivity index (χ2n) is 4.46. The van der Waals surface area contributed by atoms with Crippen molar-refractivity contribution in [3.05, 3.63) is 29.3 Å².